The molecule has 0 saturated heterocycles. The molecule has 3 nitrogen and oxygen atoms in total. The third kappa shape index (κ3) is 3.27. The fourth-order valence-electron chi connectivity index (χ4n) is 1.14. The smallest absolute Gasteiger partial charge is 0.212 e. The maximum absolute atomic E-state index is 11.8. The first-order valence-corrected chi connectivity index (χ1v) is 7.69. The Morgan fingerprint density at radius 3 is 2.53 bits per heavy atom. The van der Waals surface area contributed by atoms with E-state index in [-0.39, 0.29) is 5.25 Å². The normalized spacial score (nSPS) is 12.7. The molecule has 1 aromatic heterocycles. The van der Waals surface area contributed by atoms with Gasteiger partial charge in [-0.1, -0.05) is 0 Å². The molecule has 0 N–H and O–H groups in total. The van der Waals surface area contributed by atoms with Crippen LogP contribution in [0.3, 0.4) is 0 Å². The van der Waals surface area contributed by atoms with Crippen molar-refractivity contribution in [3.63, 3.8) is 0 Å². The number of hydrogen-bond donors (Lipinski definition) is 0. The van der Waals surface area contributed by atoms with Crippen LogP contribution in [0.25, 0.3) is 0 Å². The quantitative estimate of drug-likeness (QED) is 0.857. The molecule has 0 aliphatic heterocycles. The number of halogens is 1. The summed E-state index contributed by atoms with van der Waals surface area (Å²) in [6, 6.07) is 1.94. The number of sulfonamides is 1. The van der Waals surface area contributed by atoms with Crippen LogP contribution in [0, 0.1) is 0 Å². The average Bonchev–Trinajstić information content (AvgIpc) is 2.50. The SMILES string of the molecule is CC(C)S(=O)(=O)N(C)Cc1csc(Br)c1. The van der Waals surface area contributed by atoms with Gasteiger partial charge in [0.2, 0.25) is 10.0 Å². The second-order valence-corrected chi connectivity index (χ2v) is 8.50. The molecule has 0 aromatic carbocycles. The van der Waals surface area contributed by atoms with Crippen molar-refractivity contribution < 1.29 is 8.42 Å². The van der Waals surface area contributed by atoms with E-state index in [9.17, 15) is 8.42 Å². The summed E-state index contributed by atoms with van der Waals surface area (Å²) in [6.07, 6.45) is 0. The summed E-state index contributed by atoms with van der Waals surface area (Å²) < 4.78 is 25.9. The molecular weight excluding hydrogens is 298 g/mol. The summed E-state index contributed by atoms with van der Waals surface area (Å²) in [5, 5.41) is 1.58. The lowest BCUT2D eigenvalue weighted by molar-refractivity contribution is 0.460. The van der Waals surface area contributed by atoms with Crippen LogP contribution in [0.15, 0.2) is 15.2 Å². The van der Waals surface area contributed by atoms with Crippen molar-refractivity contribution in [2.45, 2.75) is 25.6 Å². The molecule has 1 rings (SSSR count). The number of rotatable bonds is 4. The van der Waals surface area contributed by atoms with Crippen molar-refractivity contribution in [2.75, 3.05) is 7.05 Å². The van der Waals surface area contributed by atoms with E-state index in [0.717, 1.165) is 9.35 Å². The largest absolute Gasteiger partial charge is 0.216 e. The van der Waals surface area contributed by atoms with Gasteiger partial charge in [0, 0.05) is 13.6 Å². The van der Waals surface area contributed by atoms with E-state index in [1.165, 1.54) is 4.31 Å². The third-order valence-electron chi connectivity index (χ3n) is 2.06. The van der Waals surface area contributed by atoms with Crippen LogP contribution in [-0.4, -0.2) is 25.0 Å². The zero-order valence-corrected chi connectivity index (χ0v) is 12.1. The van der Waals surface area contributed by atoms with Crippen LogP contribution >= 0.6 is 27.3 Å². The molecule has 0 aliphatic rings. The summed E-state index contributed by atoms with van der Waals surface area (Å²) in [6.45, 7) is 3.81. The van der Waals surface area contributed by atoms with Crippen molar-refractivity contribution >= 4 is 37.3 Å². The van der Waals surface area contributed by atoms with Gasteiger partial charge in [-0.15, -0.1) is 11.3 Å². The lowest BCUT2D eigenvalue weighted by Gasteiger charge is -2.18. The molecule has 0 fully saturated rings. The molecular formula is C9H14BrNO2S2. The van der Waals surface area contributed by atoms with Gasteiger partial charge in [-0.3, -0.25) is 0 Å². The highest BCUT2D eigenvalue weighted by Crippen LogP contribution is 2.22. The highest BCUT2D eigenvalue weighted by atomic mass is 79.9. The van der Waals surface area contributed by atoms with Gasteiger partial charge in [0.25, 0.3) is 0 Å². The monoisotopic (exact) mass is 311 g/mol. The number of nitrogens with zero attached hydrogens (tertiary/aromatic N) is 1. The van der Waals surface area contributed by atoms with E-state index in [2.05, 4.69) is 15.9 Å². The third-order valence-corrected chi connectivity index (χ3v) is 5.80. The molecule has 0 amide bonds. The number of hydrogen-bond acceptors (Lipinski definition) is 3. The van der Waals surface area contributed by atoms with Gasteiger partial charge in [-0.25, -0.2) is 12.7 Å². The van der Waals surface area contributed by atoms with Gasteiger partial charge in [0.1, 0.15) is 0 Å². The van der Waals surface area contributed by atoms with Crippen LogP contribution in [-0.2, 0) is 16.6 Å². The fourth-order valence-corrected chi connectivity index (χ4v) is 3.38. The highest BCUT2D eigenvalue weighted by molar-refractivity contribution is 9.11. The lowest BCUT2D eigenvalue weighted by atomic mass is 10.3. The highest BCUT2D eigenvalue weighted by Gasteiger charge is 2.22. The zero-order chi connectivity index (χ0) is 11.6. The molecule has 0 radical (unpaired) electrons. The predicted molar refractivity (Wildman–Crippen MR) is 67.5 cm³/mol. The second-order valence-electron chi connectivity index (χ2n) is 3.61. The van der Waals surface area contributed by atoms with Crippen LogP contribution in [0.1, 0.15) is 19.4 Å². The summed E-state index contributed by atoms with van der Waals surface area (Å²) in [5.74, 6) is 0. The first kappa shape index (κ1) is 13.2. The van der Waals surface area contributed by atoms with E-state index in [1.807, 2.05) is 11.4 Å². The van der Waals surface area contributed by atoms with E-state index in [4.69, 9.17) is 0 Å². The Hall–Kier alpha value is 0.0900. The zero-order valence-electron chi connectivity index (χ0n) is 8.90. The Labute approximate surface area is 103 Å². The minimum absolute atomic E-state index is 0.371. The molecule has 1 heterocycles. The molecule has 6 heteroatoms. The molecule has 0 aliphatic carbocycles. The van der Waals surface area contributed by atoms with Gasteiger partial charge >= 0.3 is 0 Å². The Bertz CT molecular complexity index is 425. The molecule has 0 bridgehead atoms. The first-order chi connectivity index (χ1) is 6.84. The molecule has 0 saturated carbocycles. The Kier molecular flexibility index (Phi) is 4.34. The summed E-state index contributed by atoms with van der Waals surface area (Å²) >= 11 is 4.91. The standard InChI is InChI=1S/C9H14BrNO2S2/c1-7(2)15(12,13)11(3)5-8-4-9(10)14-6-8/h4,6-7H,5H2,1-3H3. The molecule has 0 unspecified atom stereocenters. The minimum atomic E-state index is -3.14. The van der Waals surface area contributed by atoms with Crippen molar-refractivity contribution in [1.82, 2.24) is 4.31 Å². The summed E-state index contributed by atoms with van der Waals surface area (Å²) in [5.41, 5.74) is 1.01. The fraction of sp³-hybridized carbons (Fsp3) is 0.556. The Morgan fingerprint density at radius 1 is 1.53 bits per heavy atom. The van der Waals surface area contributed by atoms with Gasteiger partial charge in [0.05, 0.1) is 9.04 Å². The second kappa shape index (κ2) is 4.95. The average molecular weight is 312 g/mol. The lowest BCUT2D eigenvalue weighted by Crippen LogP contribution is -2.32. The van der Waals surface area contributed by atoms with E-state index < -0.39 is 10.0 Å². The van der Waals surface area contributed by atoms with Crippen molar-refractivity contribution in [3.05, 3.63) is 20.8 Å². The van der Waals surface area contributed by atoms with Crippen molar-refractivity contribution in [1.29, 1.82) is 0 Å². The molecule has 0 spiro atoms. The minimum Gasteiger partial charge on any atom is -0.212 e. The molecule has 86 valence electrons. The van der Waals surface area contributed by atoms with Gasteiger partial charge in [-0.05, 0) is 46.8 Å². The molecule has 1 aromatic rings. The predicted octanol–water partition coefficient (Wildman–Crippen LogP) is 2.68. The topological polar surface area (TPSA) is 37.4 Å². The van der Waals surface area contributed by atoms with Crippen LogP contribution in [0.5, 0.6) is 0 Å². The van der Waals surface area contributed by atoms with Crippen LogP contribution in [0.4, 0.5) is 0 Å². The van der Waals surface area contributed by atoms with E-state index in [0.29, 0.717) is 6.54 Å². The van der Waals surface area contributed by atoms with Gasteiger partial charge in [0.15, 0.2) is 0 Å². The van der Waals surface area contributed by atoms with E-state index >= 15 is 0 Å². The number of thiophene rings is 1. The van der Waals surface area contributed by atoms with Crippen molar-refractivity contribution in [3.8, 4) is 0 Å². The molecule has 15 heavy (non-hydrogen) atoms. The molecule has 0 atom stereocenters. The maximum atomic E-state index is 11.8. The maximum Gasteiger partial charge on any atom is 0.216 e. The van der Waals surface area contributed by atoms with Crippen LogP contribution < -0.4 is 0 Å². The van der Waals surface area contributed by atoms with Crippen LogP contribution in [0.2, 0.25) is 0 Å². The Balaban J connectivity index is 2.76. The summed E-state index contributed by atoms with van der Waals surface area (Å²) in [4.78, 5) is 0. The van der Waals surface area contributed by atoms with Gasteiger partial charge < -0.3 is 0 Å². The Morgan fingerprint density at radius 2 is 2.13 bits per heavy atom. The first-order valence-electron chi connectivity index (χ1n) is 4.52. The van der Waals surface area contributed by atoms with Crippen molar-refractivity contribution in [2.24, 2.45) is 0 Å². The van der Waals surface area contributed by atoms with E-state index in [1.54, 1.807) is 32.2 Å². The summed E-state index contributed by atoms with van der Waals surface area (Å²) in [7, 11) is -1.53. The van der Waals surface area contributed by atoms with Gasteiger partial charge in [-0.2, -0.15) is 0 Å².